The minimum Gasteiger partial charge on any atom is -0.313 e. The molecule has 2 fully saturated rings. The number of carbonyl (C=O) groups is 1. The maximum absolute atomic E-state index is 11.9. The van der Waals surface area contributed by atoms with Crippen LogP contribution in [0.15, 0.2) is 0 Å². The predicted molar refractivity (Wildman–Crippen MR) is 54.3 cm³/mol. The second-order valence-electron chi connectivity index (χ2n) is 3.82. The second kappa shape index (κ2) is 4.84. The fourth-order valence-corrected chi connectivity index (χ4v) is 1.95. The number of Topliss-reactive ketones (excluding diaryl/α,β-unsaturated/α-hetero) is 1. The molecule has 2 unspecified atom stereocenters. The van der Waals surface area contributed by atoms with Crippen molar-refractivity contribution in [3.63, 3.8) is 0 Å². The summed E-state index contributed by atoms with van der Waals surface area (Å²) in [6.07, 6.45) is 0. The minimum atomic E-state index is -0.0128. The molecule has 2 aliphatic heterocycles. The zero-order valence-electron chi connectivity index (χ0n) is 8.31. The van der Waals surface area contributed by atoms with Crippen LogP contribution < -0.4 is 21.3 Å². The van der Waals surface area contributed by atoms with Gasteiger partial charge in [-0.3, -0.25) is 4.79 Å². The van der Waals surface area contributed by atoms with Gasteiger partial charge in [0.25, 0.3) is 0 Å². The van der Waals surface area contributed by atoms with Crippen LogP contribution >= 0.6 is 0 Å². The largest absolute Gasteiger partial charge is 0.313 e. The number of hydrogen-bond donors (Lipinski definition) is 4. The lowest BCUT2D eigenvalue weighted by Crippen LogP contribution is -2.61. The highest BCUT2D eigenvalue weighted by atomic mass is 16.1. The average molecular weight is 198 g/mol. The Bertz CT molecular complexity index is 177. The van der Waals surface area contributed by atoms with Crippen LogP contribution in [0.2, 0.25) is 0 Å². The Balaban J connectivity index is 1.85. The molecule has 0 aliphatic carbocycles. The molecule has 0 spiro atoms. The number of piperazine rings is 2. The predicted octanol–water partition coefficient (Wildman–Crippen LogP) is -2.32. The van der Waals surface area contributed by atoms with E-state index >= 15 is 0 Å². The Labute approximate surface area is 84.0 Å². The molecular formula is C9H18N4O. The molecule has 0 aromatic rings. The highest BCUT2D eigenvalue weighted by Crippen LogP contribution is 1.97. The van der Waals surface area contributed by atoms with Crippen LogP contribution in [-0.4, -0.2) is 57.1 Å². The van der Waals surface area contributed by atoms with Gasteiger partial charge >= 0.3 is 0 Å². The molecule has 5 nitrogen and oxygen atoms in total. The smallest absolute Gasteiger partial charge is 0.169 e. The summed E-state index contributed by atoms with van der Waals surface area (Å²) in [5.41, 5.74) is 0. The highest BCUT2D eigenvalue weighted by Gasteiger charge is 2.28. The molecule has 0 aromatic heterocycles. The molecule has 2 saturated heterocycles. The summed E-state index contributed by atoms with van der Waals surface area (Å²) in [5, 5.41) is 12.9. The van der Waals surface area contributed by atoms with Gasteiger partial charge in [0.2, 0.25) is 0 Å². The lowest BCUT2D eigenvalue weighted by atomic mass is 10.0. The first kappa shape index (κ1) is 10.0. The normalized spacial score (nSPS) is 34.0. The molecular weight excluding hydrogens is 180 g/mol. The van der Waals surface area contributed by atoms with Crippen molar-refractivity contribution in [1.82, 2.24) is 21.3 Å². The van der Waals surface area contributed by atoms with E-state index in [2.05, 4.69) is 21.3 Å². The van der Waals surface area contributed by atoms with Crippen LogP contribution in [0, 0.1) is 0 Å². The second-order valence-corrected chi connectivity index (χ2v) is 3.82. The fraction of sp³-hybridized carbons (Fsp3) is 0.889. The van der Waals surface area contributed by atoms with Crippen LogP contribution in [0.5, 0.6) is 0 Å². The minimum absolute atomic E-state index is 0.0128. The Hall–Kier alpha value is -0.490. The van der Waals surface area contributed by atoms with Crippen molar-refractivity contribution < 1.29 is 4.79 Å². The molecule has 0 amide bonds. The van der Waals surface area contributed by atoms with Gasteiger partial charge in [-0.1, -0.05) is 0 Å². The van der Waals surface area contributed by atoms with E-state index in [0.717, 1.165) is 39.3 Å². The van der Waals surface area contributed by atoms with E-state index < -0.39 is 0 Å². The first-order valence-electron chi connectivity index (χ1n) is 5.30. The van der Waals surface area contributed by atoms with E-state index in [9.17, 15) is 4.79 Å². The van der Waals surface area contributed by atoms with E-state index in [-0.39, 0.29) is 17.9 Å². The topological polar surface area (TPSA) is 65.2 Å². The van der Waals surface area contributed by atoms with E-state index in [4.69, 9.17) is 0 Å². The van der Waals surface area contributed by atoms with Crippen molar-refractivity contribution in [2.24, 2.45) is 0 Å². The summed E-state index contributed by atoms with van der Waals surface area (Å²) in [6.45, 7) is 5.21. The summed E-state index contributed by atoms with van der Waals surface area (Å²) in [6, 6.07) is -0.0256. The van der Waals surface area contributed by atoms with Gasteiger partial charge in [0, 0.05) is 39.3 Å². The SMILES string of the molecule is O=C(C1CNCCN1)C1CNCCN1. The number of rotatable bonds is 2. The quantitative estimate of drug-likeness (QED) is 0.401. The van der Waals surface area contributed by atoms with Gasteiger partial charge in [-0.15, -0.1) is 0 Å². The fourth-order valence-electron chi connectivity index (χ4n) is 1.95. The van der Waals surface area contributed by atoms with Crippen molar-refractivity contribution >= 4 is 5.78 Å². The number of nitrogens with one attached hydrogen (secondary N) is 4. The van der Waals surface area contributed by atoms with Gasteiger partial charge in [-0.25, -0.2) is 0 Å². The summed E-state index contributed by atoms with van der Waals surface area (Å²) in [4.78, 5) is 11.9. The molecule has 2 rings (SSSR count). The summed E-state index contributed by atoms with van der Waals surface area (Å²) in [7, 11) is 0. The lowest BCUT2D eigenvalue weighted by Gasteiger charge is -2.30. The van der Waals surface area contributed by atoms with Crippen LogP contribution in [0.3, 0.4) is 0 Å². The average Bonchev–Trinajstić information content (AvgIpc) is 2.30. The summed E-state index contributed by atoms with van der Waals surface area (Å²) < 4.78 is 0. The van der Waals surface area contributed by atoms with Gasteiger partial charge < -0.3 is 21.3 Å². The first-order valence-corrected chi connectivity index (χ1v) is 5.30. The van der Waals surface area contributed by atoms with Crippen molar-refractivity contribution in [1.29, 1.82) is 0 Å². The van der Waals surface area contributed by atoms with E-state index in [0.29, 0.717) is 0 Å². The molecule has 2 atom stereocenters. The van der Waals surface area contributed by atoms with E-state index in [1.54, 1.807) is 0 Å². The molecule has 0 bridgehead atoms. The molecule has 14 heavy (non-hydrogen) atoms. The highest BCUT2D eigenvalue weighted by molar-refractivity contribution is 5.89. The first-order chi connectivity index (χ1) is 6.88. The third kappa shape index (κ3) is 2.30. The van der Waals surface area contributed by atoms with E-state index in [1.165, 1.54) is 0 Å². The standard InChI is InChI=1S/C9H18N4O/c14-9(7-5-10-1-3-12-7)8-6-11-2-4-13-8/h7-8,10-13H,1-6H2. The van der Waals surface area contributed by atoms with Gasteiger partial charge in [-0.05, 0) is 0 Å². The lowest BCUT2D eigenvalue weighted by molar-refractivity contribution is -0.123. The van der Waals surface area contributed by atoms with Crippen LogP contribution in [0.1, 0.15) is 0 Å². The monoisotopic (exact) mass is 198 g/mol. The Morgan fingerprint density at radius 2 is 1.36 bits per heavy atom. The Morgan fingerprint density at radius 3 is 1.71 bits per heavy atom. The maximum Gasteiger partial charge on any atom is 0.169 e. The van der Waals surface area contributed by atoms with Crippen molar-refractivity contribution in [3.05, 3.63) is 0 Å². The number of carbonyl (C=O) groups excluding carboxylic acids is 1. The molecule has 2 heterocycles. The third-order valence-corrected chi connectivity index (χ3v) is 2.77. The Kier molecular flexibility index (Phi) is 3.47. The Morgan fingerprint density at radius 1 is 0.857 bits per heavy atom. The zero-order chi connectivity index (χ0) is 9.80. The third-order valence-electron chi connectivity index (χ3n) is 2.77. The van der Waals surface area contributed by atoms with Crippen LogP contribution in [0.25, 0.3) is 0 Å². The molecule has 80 valence electrons. The summed E-state index contributed by atoms with van der Waals surface area (Å²) >= 11 is 0. The molecule has 4 N–H and O–H groups in total. The molecule has 2 aliphatic rings. The summed E-state index contributed by atoms with van der Waals surface area (Å²) in [5.74, 6) is 0.282. The van der Waals surface area contributed by atoms with Crippen LogP contribution in [-0.2, 0) is 4.79 Å². The van der Waals surface area contributed by atoms with Crippen molar-refractivity contribution in [3.8, 4) is 0 Å². The molecule has 5 heteroatoms. The number of hydrogen-bond acceptors (Lipinski definition) is 5. The number of ketones is 1. The molecule has 0 radical (unpaired) electrons. The zero-order valence-corrected chi connectivity index (χ0v) is 8.31. The van der Waals surface area contributed by atoms with Gasteiger partial charge in [0.1, 0.15) is 0 Å². The van der Waals surface area contributed by atoms with Gasteiger partial charge in [0.05, 0.1) is 12.1 Å². The van der Waals surface area contributed by atoms with Crippen LogP contribution in [0.4, 0.5) is 0 Å². The van der Waals surface area contributed by atoms with Gasteiger partial charge in [0.15, 0.2) is 5.78 Å². The molecule has 0 saturated carbocycles. The van der Waals surface area contributed by atoms with Crippen molar-refractivity contribution in [2.45, 2.75) is 12.1 Å². The van der Waals surface area contributed by atoms with Crippen molar-refractivity contribution in [2.75, 3.05) is 39.3 Å². The molecule has 0 aromatic carbocycles. The maximum atomic E-state index is 11.9. The van der Waals surface area contributed by atoms with E-state index in [1.807, 2.05) is 0 Å². The van der Waals surface area contributed by atoms with Gasteiger partial charge in [-0.2, -0.15) is 0 Å².